The summed E-state index contributed by atoms with van der Waals surface area (Å²) < 4.78 is 35.2. The van der Waals surface area contributed by atoms with Crippen molar-refractivity contribution in [3.8, 4) is 0 Å². The Balaban J connectivity index is 1.70. The number of Topliss-reactive ketones (excluding diaryl/α,β-unsaturated/α-hetero) is 3. The first-order valence-electron chi connectivity index (χ1n) is 25.0. The summed E-state index contributed by atoms with van der Waals surface area (Å²) in [5.74, 6) is -9.40. The first kappa shape index (κ1) is 57.7. The van der Waals surface area contributed by atoms with Crippen LogP contribution in [0.1, 0.15) is 126 Å². The molecule has 0 aromatic carbocycles. The standard InChI is InChI=1S/C53H81NO15/c1-31-16-12-11-13-17-32(2)43(64-8)28-39-21-19-37(7)53(63,69-39)50(60)51(61)54-23-15-14-18-40(54)52(62)68-44(34(4)26-38-20-22-42(45(27-38)65-9)67-30-46(56)57)29-41(55)33(3)25-36(6)48(59)49(66-10)47(58)35(5)24-31/h11-13,16-17,25,31,33-35,37-40,42-45,48-49,59,63H,14-15,18-24,26-30H2,1-10H3,(H,56,57)/b13-11+,16-12+,32-17+,36-25+/t31-,33-,34-,35-,37-,38+,39+,40+,42-,43+,44+,45-,48-,49+,53-/m1/s1. The molecule has 0 spiro atoms. The van der Waals surface area contributed by atoms with E-state index >= 15 is 0 Å². The van der Waals surface area contributed by atoms with Gasteiger partial charge in [0, 0.05) is 58.5 Å². The zero-order valence-electron chi connectivity index (χ0n) is 42.6. The highest BCUT2D eigenvalue weighted by Gasteiger charge is 2.53. The molecule has 0 radical (unpaired) electrons. The number of cyclic esters (lactones) is 1. The third-order valence-corrected chi connectivity index (χ3v) is 14.9. The number of aliphatic hydroxyl groups is 2. The summed E-state index contributed by atoms with van der Waals surface area (Å²) in [6, 6.07) is -1.17. The van der Waals surface area contributed by atoms with Gasteiger partial charge in [-0.2, -0.15) is 0 Å². The predicted octanol–water partition coefficient (Wildman–Crippen LogP) is 6.29. The number of ether oxygens (including phenoxy) is 6. The van der Waals surface area contributed by atoms with E-state index in [4.69, 9.17) is 28.4 Å². The van der Waals surface area contributed by atoms with E-state index in [1.54, 1.807) is 48.0 Å². The summed E-state index contributed by atoms with van der Waals surface area (Å²) in [5.41, 5.74) is 1.23. The quantitative estimate of drug-likeness (QED) is 0.131. The second-order valence-corrected chi connectivity index (χ2v) is 20.3. The number of hydrogen-bond acceptors (Lipinski definition) is 14. The summed E-state index contributed by atoms with van der Waals surface area (Å²) in [5, 5.41) is 32.6. The number of fused-ring (bicyclic) bond motifs is 3. The first-order chi connectivity index (χ1) is 32.6. The number of methoxy groups -OCH3 is 3. The van der Waals surface area contributed by atoms with Gasteiger partial charge in [-0.15, -0.1) is 0 Å². The highest BCUT2D eigenvalue weighted by Crippen LogP contribution is 2.38. The van der Waals surface area contributed by atoms with Gasteiger partial charge >= 0.3 is 11.9 Å². The molecule has 1 saturated carbocycles. The van der Waals surface area contributed by atoms with E-state index in [1.807, 2.05) is 51.2 Å². The molecular formula is C53H81NO15. The number of esters is 1. The van der Waals surface area contributed by atoms with Crippen molar-refractivity contribution in [2.24, 2.45) is 35.5 Å². The molecule has 0 aromatic rings. The molecule has 69 heavy (non-hydrogen) atoms. The Morgan fingerprint density at radius 3 is 2.26 bits per heavy atom. The maximum atomic E-state index is 14.5. The number of rotatable bonds is 9. The molecule has 0 unspecified atom stereocenters. The summed E-state index contributed by atoms with van der Waals surface area (Å²) in [4.78, 5) is 83.3. The lowest BCUT2D eigenvalue weighted by atomic mass is 9.78. The van der Waals surface area contributed by atoms with Gasteiger partial charge in [-0.25, -0.2) is 9.59 Å². The summed E-state index contributed by atoms with van der Waals surface area (Å²) in [7, 11) is 4.48. The molecule has 4 rings (SSSR count). The van der Waals surface area contributed by atoms with Crippen LogP contribution in [0.3, 0.4) is 0 Å². The van der Waals surface area contributed by atoms with E-state index in [-0.39, 0.29) is 48.9 Å². The van der Waals surface area contributed by atoms with E-state index in [0.29, 0.717) is 69.8 Å². The van der Waals surface area contributed by atoms with Gasteiger partial charge in [-0.05, 0) is 107 Å². The van der Waals surface area contributed by atoms with Crippen LogP contribution in [-0.4, -0.2) is 144 Å². The third kappa shape index (κ3) is 15.8. The maximum absolute atomic E-state index is 14.5. The van der Waals surface area contributed by atoms with Crippen molar-refractivity contribution in [1.29, 1.82) is 0 Å². The SMILES string of the molecule is CO[C@H]1C[C@@H]2CC[C@@H](C)[C@@](O)(O2)C(=O)C(=O)N2CCCC[C@H]2C(=O)O[C@H]([C@H](C)C[C@@H]2CC[C@@H](OCC(=O)O)[C@H](OC)C2)CC(=O)[C@H](C)/C=C(\C)[C@@H](O)[C@@H](OC)C(=O)[C@H](C)C[C@H](C)/C=C/C=C/C=C/1C. The average molecular weight is 972 g/mol. The Hall–Kier alpha value is -3.90. The van der Waals surface area contributed by atoms with E-state index in [1.165, 1.54) is 12.0 Å². The van der Waals surface area contributed by atoms with Crippen LogP contribution in [0.2, 0.25) is 0 Å². The molecule has 2 bridgehead atoms. The molecule has 0 aromatic heterocycles. The van der Waals surface area contributed by atoms with Crippen LogP contribution in [0.25, 0.3) is 0 Å². The number of carboxylic acids is 1. The van der Waals surface area contributed by atoms with Crippen molar-refractivity contribution in [1.82, 2.24) is 4.90 Å². The molecule has 388 valence electrons. The van der Waals surface area contributed by atoms with Crippen molar-refractivity contribution in [3.63, 3.8) is 0 Å². The molecule has 4 aliphatic rings. The van der Waals surface area contributed by atoms with E-state index in [0.717, 1.165) is 5.57 Å². The number of piperidine rings is 1. The molecule has 3 heterocycles. The normalized spacial score (nSPS) is 38.7. The van der Waals surface area contributed by atoms with Crippen LogP contribution in [0.4, 0.5) is 0 Å². The summed E-state index contributed by atoms with van der Waals surface area (Å²) >= 11 is 0. The van der Waals surface area contributed by atoms with Gasteiger partial charge in [0.05, 0.1) is 24.4 Å². The minimum absolute atomic E-state index is 0.00371. The van der Waals surface area contributed by atoms with Crippen LogP contribution in [0.15, 0.2) is 47.6 Å². The Labute approximate surface area is 409 Å². The van der Waals surface area contributed by atoms with Crippen molar-refractivity contribution >= 4 is 35.2 Å². The second kappa shape index (κ2) is 27.1. The van der Waals surface area contributed by atoms with E-state index in [9.17, 15) is 44.1 Å². The smallest absolute Gasteiger partial charge is 0.329 e. The molecule has 3 fully saturated rings. The van der Waals surface area contributed by atoms with E-state index in [2.05, 4.69) is 0 Å². The molecule has 2 saturated heterocycles. The van der Waals surface area contributed by atoms with Crippen molar-refractivity contribution < 1.29 is 72.5 Å². The summed E-state index contributed by atoms with van der Waals surface area (Å²) in [6.45, 7) is 12.2. The van der Waals surface area contributed by atoms with Gasteiger partial charge in [0.1, 0.15) is 36.7 Å². The van der Waals surface area contributed by atoms with Crippen molar-refractivity contribution in [2.75, 3.05) is 34.5 Å². The number of hydrogen-bond donors (Lipinski definition) is 3. The van der Waals surface area contributed by atoms with Crippen LogP contribution in [0.5, 0.6) is 0 Å². The van der Waals surface area contributed by atoms with Crippen LogP contribution in [-0.2, 0) is 57.2 Å². The van der Waals surface area contributed by atoms with Gasteiger partial charge in [0.2, 0.25) is 5.79 Å². The Bertz CT molecular complexity index is 1890. The molecule has 1 aliphatic carbocycles. The molecular weight excluding hydrogens is 891 g/mol. The number of ketones is 3. The Morgan fingerprint density at radius 1 is 0.870 bits per heavy atom. The van der Waals surface area contributed by atoms with Gasteiger partial charge in [-0.1, -0.05) is 71.1 Å². The van der Waals surface area contributed by atoms with Crippen molar-refractivity contribution in [2.45, 2.75) is 180 Å². The minimum Gasteiger partial charge on any atom is -0.480 e. The molecule has 16 nitrogen and oxygen atoms in total. The fourth-order valence-corrected chi connectivity index (χ4v) is 10.5. The Morgan fingerprint density at radius 2 is 1.59 bits per heavy atom. The van der Waals surface area contributed by atoms with Gasteiger partial charge in [0.15, 0.2) is 5.78 Å². The average Bonchev–Trinajstić information content (AvgIpc) is 3.32. The van der Waals surface area contributed by atoms with E-state index < -0.39 is 102 Å². The lowest BCUT2D eigenvalue weighted by Gasteiger charge is -2.42. The second-order valence-electron chi connectivity index (χ2n) is 20.3. The molecule has 15 atom stereocenters. The predicted molar refractivity (Wildman–Crippen MR) is 257 cm³/mol. The summed E-state index contributed by atoms with van der Waals surface area (Å²) in [6.07, 6.45) is 10.8. The fourth-order valence-electron chi connectivity index (χ4n) is 10.5. The number of carbonyl (C=O) groups is 6. The number of allylic oxidation sites excluding steroid dienone is 6. The van der Waals surface area contributed by atoms with Gasteiger partial charge < -0.3 is 48.6 Å². The van der Waals surface area contributed by atoms with Crippen LogP contribution in [0, 0.1) is 35.5 Å². The van der Waals surface area contributed by atoms with Gasteiger partial charge in [-0.3, -0.25) is 19.2 Å². The highest BCUT2D eigenvalue weighted by molar-refractivity contribution is 6.39. The highest BCUT2D eigenvalue weighted by atomic mass is 16.6. The zero-order chi connectivity index (χ0) is 51.2. The molecule has 16 heteroatoms. The fraction of sp³-hybridized carbons (Fsp3) is 0.736. The van der Waals surface area contributed by atoms with Crippen LogP contribution < -0.4 is 0 Å². The first-order valence-corrected chi connectivity index (χ1v) is 25.0. The number of aliphatic hydroxyl groups excluding tert-OH is 1. The molecule has 3 aliphatic heterocycles. The number of carbonyl (C=O) groups excluding carboxylic acids is 5. The maximum Gasteiger partial charge on any atom is 0.329 e. The van der Waals surface area contributed by atoms with Crippen LogP contribution >= 0.6 is 0 Å². The number of nitrogens with zero attached hydrogens (tertiary/aromatic N) is 1. The monoisotopic (exact) mass is 972 g/mol. The third-order valence-electron chi connectivity index (χ3n) is 14.9. The van der Waals surface area contributed by atoms with Gasteiger partial charge in [0.25, 0.3) is 11.7 Å². The zero-order valence-corrected chi connectivity index (χ0v) is 42.6. The lowest BCUT2D eigenvalue weighted by Crippen LogP contribution is -2.61. The minimum atomic E-state index is -2.45. The lowest BCUT2D eigenvalue weighted by molar-refractivity contribution is -0.265. The Kier molecular flexibility index (Phi) is 22.6. The number of aliphatic carboxylic acids is 1. The molecule has 3 N–H and O–H groups in total. The number of amides is 1. The topological polar surface area (TPSA) is 222 Å². The molecule has 1 amide bonds. The van der Waals surface area contributed by atoms with Crippen molar-refractivity contribution in [3.05, 3.63) is 47.6 Å². The largest absolute Gasteiger partial charge is 0.480 e. The number of carboxylic acid groups (broad SMARTS) is 1.